The maximum Gasteiger partial charge on any atom is 0.244 e. The average molecular weight is 437 g/mol. The van der Waals surface area contributed by atoms with Crippen molar-refractivity contribution < 1.29 is 24.1 Å². The number of hydrogen-bond acceptors (Lipinski definition) is 6. The first kappa shape index (κ1) is 20.6. The molecule has 27 heavy (non-hydrogen) atoms. The predicted octanol–water partition coefficient (Wildman–Crippen LogP) is 3.26. The summed E-state index contributed by atoms with van der Waals surface area (Å²) in [6, 6.07) is 8.58. The molecule has 0 aliphatic rings. The summed E-state index contributed by atoms with van der Waals surface area (Å²) < 4.78 is 16.2. The van der Waals surface area contributed by atoms with Crippen molar-refractivity contribution in [2.75, 3.05) is 20.8 Å². The highest BCUT2D eigenvalue weighted by Crippen LogP contribution is 2.35. The van der Waals surface area contributed by atoms with E-state index in [1.165, 1.54) is 13.3 Å². The van der Waals surface area contributed by atoms with Crippen molar-refractivity contribution in [3.63, 3.8) is 0 Å². The molecule has 0 atom stereocenters. The number of rotatable bonds is 8. The third-order valence-corrected chi connectivity index (χ3v) is 4.17. The van der Waals surface area contributed by atoms with E-state index in [9.17, 15) is 9.90 Å². The first-order valence-electron chi connectivity index (χ1n) is 8.16. The van der Waals surface area contributed by atoms with Gasteiger partial charge in [-0.15, -0.1) is 0 Å². The largest absolute Gasteiger partial charge is 0.503 e. The molecule has 2 aromatic rings. The van der Waals surface area contributed by atoms with Crippen LogP contribution < -0.4 is 19.6 Å². The highest BCUT2D eigenvalue weighted by Gasteiger charge is 2.09. The molecule has 0 spiro atoms. The number of amides is 1. The molecule has 0 saturated carbocycles. The van der Waals surface area contributed by atoms with Crippen molar-refractivity contribution in [3.8, 4) is 23.0 Å². The van der Waals surface area contributed by atoms with Crippen molar-refractivity contribution in [1.29, 1.82) is 0 Å². The fourth-order valence-corrected chi connectivity index (χ4v) is 2.79. The normalized spacial score (nSPS) is 10.7. The molecule has 2 aromatic carbocycles. The van der Waals surface area contributed by atoms with Crippen LogP contribution >= 0.6 is 15.9 Å². The van der Waals surface area contributed by atoms with Crippen LogP contribution in [0.25, 0.3) is 0 Å². The van der Waals surface area contributed by atoms with Gasteiger partial charge in [0.15, 0.2) is 23.0 Å². The van der Waals surface area contributed by atoms with E-state index >= 15 is 0 Å². The fraction of sp³-hybridized carbons (Fsp3) is 0.263. The van der Waals surface area contributed by atoms with Gasteiger partial charge in [0.2, 0.25) is 5.91 Å². The zero-order chi connectivity index (χ0) is 19.8. The number of phenolic OH excluding ortho intramolecular Hbond substituents is 1. The third kappa shape index (κ3) is 5.62. The van der Waals surface area contributed by atoms with Crippen molar-refractivity contribution in [2.24, 2.45) is 5.10 Å². The van der Waals surface area contributed by atoms with E-state index < -0.39 is 0 Å². The quantitative estimate of drug-likeness (QED) is 0.489. The van der Waals surface area contributed by atoms with Crippen LogP contribution in [0.1, 0.15) is 18.1 Å². The second kappa shape index (κ2) is 9.82. The molecule has 0 bridgehead atoms. The van der Waals surface area contributed by atoms with Crippen LogP contribution in [0.2, 0.25) is 0 Å². The van der Waals surface area contributed by atoms with Gasteiger partial charge in [0, 0.05) is 0 Å². The number of hydrazone groups is 1. The van der Waals surface area contributed by atoms with Crippen LogP contribution in [0, 0.1) is 0 Å². The summed E-state index contributed by atoms with van der Waals surface area (Å²) >= 11 is 3.26. The van der Waals surface area contributed by atoms with Gasteiger partial charge < -0.3 is 19.3 Å². The summed E-state index contributed by atoms with van der Waals surface area (Å²) in [5.41, 5.74) is 3.90. The number of hydrogen-bond donors (Lipinski definition) is 2. The van der Waals surface area contributed by atoms with Gasteiger partial charge in [-0.3, -0.25) is 4.79 Å². The summed E-state index contributed by atoms with van der Waals surface area (Å²) in [5.74, 6) is 1.24. The van der Waals surface area contributed by atoms with Gasteiger partial charge in [0.1, 0.15) is 0 Å². The molecule has 0 aliphatic heterocycles. The van der Waals surface area contributed by atoms with Gasteiger partial charge in [0.25, 0.3) is 0 Å². The van der Waals surface area contributed by atoms with Gasteiger partial charge >= 0.3 is 0 Å². The Balaban J connectivity index is 2.01. The molecule has 0 aliphatic carbocycles. The van der Waals surface area contributed by atoms with Crippen LogP contribution in [0.5, 0.6) is 23.0 Å². The van der Waals surface area contributed by atoms with Gasteiger partial charge in [-0.2, -0.15) is 5.10 Å². The number of methoxy groups -OCH3 is 2. The van der Waals surface area contributed by atoms with E-state index in [4.69, 9.17) is 14.2 Å². The predicted molar refractivity (Wildman–Crippen MR) is 106 cm³/mol. The molecule has 0 fully saturated rings. The third-order valence-electron chi connectivity index (χ3n) is 3.57. The Kier molecular flexibility index (Phi) is 7.48. The molecule has 0 saturated heterocycles. The molecule has 0 unspecified atom stereocenters. The molecular weight excluding hydrogens is 416 g/mol. The van der Waals surface area contributed by atoms with Gasteiger partial charge in [-0.1, -0.05) is 6.07 Å². The van der Waals surface area contributed by atoms with Gasteiger partial charge in [-0.05, 0) is 58.2 Å². The maximum atomic E-state index is 12.1. The summed E-state index contributed by atoms with van der Waals surface area (Å²) in [4.78, 5) is 12.1. The first-order valence-corrected chi connectivity index (χ1v) is 8.95. The number of carbonyl (C=O) groups is 1. The van der Waals surface area contributed by atoms with E-state index in [-0.39, 0.29) is 18.1 Å². The smallest absolute Gasteiger partial charge is 0.244 e. The number of ether oxygens (including phenoxy) is 3. The minimum absolute atomic E-state index is 0.0199. The molecule has 2 N–H and O–H groups in total. The minimum Gasteiger partial charge on any atom is -0.503 e. The molecule has 0 radical (unpaired) electrons. The first-order chi connectivity index (χ1) is 13.0. The highest BCUT2D eigenvalue weighted by atomic mass is 79.9. The van der Waals surface area contributed by atoms with Gasteiger partial charge in [-0.25, -0.2) is 5.43 Å². The molecule has 0 aromatic heterocycles. The Morgan fingerprint density at radius 1 is 1.19 bits per heavy atom. The molecule has 1 amide bonds. The van der Waals surface area contributed by atoms with Crippen molar-refractivity contribution >= 4 is 28.1 Å². The number of halogens is 1. The molecule has 0 heterocycles. The van der Waals surface area contributed by atoms with Crippen molar-refractivity contribution in [3.05, 3.63) is 45.9 Å². The maximum absolute atomic E-state index is 12.1. The number of benzene rings is 2. The Morgan fingerprint density at radius 2 is 1.93 bits per heavy atom. The van der Waals surface area contributed by atoms with Crippen LogP contribution in [0.3, 0.4) is 0 Å². The van der Waals surface area contributed by atoms with Gasteiger partial charge in [0.05, 0.1) is 37.9 Å². The van der Waals surface area contributed by atoms with Crippen molar-refractivity contribution in [2.45, 2.75) is 13.3 Å². The Morgan fingerprint density at radius 3 is 2.59 bits per heavy atom. The van der Waals surface area contributed by atoms with Crippen molar-refractivity contribution in [1.82, 2.24) is 5.43 Å². The fourth-order valence-electron chi connectivity index (χ4n) is 2.33. The average Bonchev–Trinajstić information content (AvgIpc) is 2.65. The highest BCUT2D eigenvalue weighted by molar-refractivity contribution is 9.10. The lowest BCUT2D eigenvalue weighted by molar-refractivity contribution is -0.120. The van der Waals surface area contributed by atoms with Crippen LogP contribution in [0.4, 0.5) is 0 Å². The summed E-state index contributed by atoms with van der Waals surface area (Å²) in [6.07, 6.45) is 1.61. The lowest BCUT2D eigenvalue weighted by Crippen LogP contribution is -2.19. The zero-order valence-corrected chi connectivity index (χ0v) is 16.9. The SMILES string of the molecule is CCOc1cc(/C=N/NC(=O)Cc2ccc(OC)c(OC)c2)cc(Br)c1O. The molecular formula is C19H21BrN2O5. The Labute approximate surface area is 166 Å². The topological polar surface area (TPSA) is 89.4 Å². The second-order valence-corrected chi connectivity index (χ2v) is 6.30. The second-order valence-electron chi connectivity index (χ2n) is 5.44. The minimum atomic E-state index is -0.277. The summed E-state index contributed by atoms with van der Waals surface area (Å²) in [7, 11) is 3.09. The molecule has 7 nitrogen and oxygen atoms in total. The zero-order valence-electron chi connectivity index (χ0n) is 15.3. The number of nitrogens with zero attached hydrogens (tertiary/aromatic N) is 1. The van der Waals surface area contributed by atoms with E-state index in [2.05, 4.69) is 26.5 Å². The molecule has 2 rings (SSSR count). The lowest BCUT2D eigenvalue weighted by Gasteiger charge is -2.09. The summed E-state index contributed by atoms with van der Waals surface area (Å²) in [6.45, 7) is 2.24. The van der Waals surface area contributed by atoms with Crippen LogP contribution in [0.15, 0.2) is 39.9 Å². The molecule has 8 heteroatoms. The number of nitrogens with one attached hydrogen (secondary N) is 1. The van der Waals surface area contributed by atoms with Crippen LogP contribution in [-0.4, -0.2) is 38.1 Å². The summed E-state index contributed by atoms with van der Waals surface area (Å²) in [5, 5.41) is 13.9. The van der Waals surface area contributed by atoms with Crippen LogP contribution in [-0.2, 0) is 11.2 Å². The Bertz CT molecular complexity index is 839. The van der Waals surface area contributed by atoms with E-state index in [1.807, 2.05) is 6.92 Å². The van der Waals surface area contributed by atoms with E-state index in [1.54, 1.807) is 37.4 Å². The number of aromatic hydroxyl groups is 1. The monoisotopic (exact) mass is 436 g/mol. The van der Waals surface area contributed by atoms with E-state index in [0.29, 0.717) is 33.9 Å². The standard InChI is InChI=1S/C19H21BrN2O5/c1-4-27-17-9-13(7-14(20)19(17)24)11-21-22-18(23)10-12-5-6-15(25-2)16(8-12)26-3/h5-9,11,24H,4,10H2,1-3H3,(H,22,23)/b21-11+. The molecule has 144 valence electrons. The number of phenols is 1. The number of carbonyl (C=O) groups excluding carboxylic acids is 1. The lowest BCUT2D eigenvalue weighted by atomic mass is 10.1. The van der Waals surface area contributed by atoms with E-state index in [0.717, 1.165) is 5.56 Å². The Hall–Kier alpha value is -2.74.